The Morgan fingerprint density at radius 3 is 2.40 bits per heavy atom. The Hall–Kier alpha value is -2.60. The normalized spacial score (nSPS) is 14.6. The Bertz CT molecular complexity index is 918. The third-order valence-electron chi connectivity index (χ3n) is 4.20. The Kier molecular flexibility index (Phi) is 4.90. The van der Waals surface area contributed by atoms with Crippen LogP contribution in [-0.4, -0.2) is 19.5 Å². The van der Waals surface area contributed by atoms with Crippen LogP contribution in [0.5, 0.6) is 0 Å². The minimum Gasteiger partial charge on any atom is -0.478 e. The molecular formula is C19H19NO4S. The van der Waals surface area contributed by atoms with Gasteiger partial charge in [0.05, 0.1) is 16.2 Å². The van der Waals surface area contributed by atoms with Crippen LogP contribution in [0, 0.1) is 0 Å². The minimum absolute atomic E-state index is 0.0698. The lowest BCUT2D eigenvalue weighted by molar-refractivity contribution is 0.0698. The van der Waals surface area contributed by atoms with Gasteiger partial charge in [-0.15, -0.1) is 0 Å². The summed E-state index contributed by atoms with van der Waals surface area (Å²) in [5, 5.41) is 9.38. The van der Waals surface area contributed by atoms with Crippen molar-refractivity contribution in [2.24, 2.45) is 0 Å². The fourth-order valence-corrected chi connectivity index (χ4v) is 4.23. The minimum atomic E-state index is -3.74. The van der Waals surface area contributed by atoms with Crippen molar-refractivity contribution in [3.05, 3.63) is 65.1 Å². The first kappa shape index (κ1) is 17.2. The van der Waals surface area contributed by atoms with Crippen LogP contribution in [0.4, 0.5) is 5.69 Å². The lowest BCUT2D eigenvalue weighted by atomic mass is 10.0. The first-order valence-corrected chi connectivity index (χ1v) is 9.60. The Morgan fingerprint density at radius 2 is 1.76 bits per heavy atom. The number of aromatic carboxylic acids is 1. The van der Waals surface area contributed by atoms with Gasteiger partial charge in [-0.25, -0.2) is 13.2 Å². The van der Waals surface area contributed by atoms with Crippen LogP contribution in [0.1, 0.15) is 36.0 Å². The summed E-state index contributed by atoms with van der Waals surface area (Å²) < 4.78 is 27.7. The molecule has 0 amide bonds. The molecule has 1 aliphatic rings. The van der Waals surface area contributed by atoms with E-state index in [0.717, 1.165) is 30.4 Å². The Labute approximate surface area is 147 Å². The van der Waals surface area contributed by atoms with Crippen LogP contribution < -0.4 is 4.72 Å². The molecule has 5 nitrogen and oxygen atoms in total. The van der Waals surface area contributed by atoms with Crippen LogP contribution in [-0.2, 0) is 10.0 Å². The van der Waals surface area contributed by atoms with Crippen LogP contribution in [0.3, 0.4) is 0 Å². The predicted octanol–water partition coefficient (Wildman–Crippen LogP) is 4.25. The van der Waals surface area contributed by atoms with Crippen molar-refractivity contribution in [3.63, 3.8) is 0 Å². The van der Waals surface area contributed by atoms with E-state index in [4.69, 9.17) is 0 Å². The number of hydrogen-bond donors (Lipinski definition) is 2. The standard InChI is InChI=1S/C19H19NO4S/c21-19(22)17-12-11-15(14-7-3-1-4-8-14)13-18(17)20-25(23,24)16-9-5-2-6-10-16/h1,3-4,7-9,11-13,20H,2,5-6,10H2,(H,21,22). The van der Waals surface area contributed by atoms with Gasteiger partial charge in [0.25, 0.3) is 10.0 Å². The molecule has 130 valence electrons. The van der Waals surface area contributed by atoms with Crippen molar-refractivity contribution >= 4 is 21.7 Å². The molecule has 0 heterocycles. The van der Waals surface area contributed by atoms with Gasteiger partial charge in [0.15, 0.2) is 0 Å². The zero-order valence-electron chi connectivity index (χ0n) is 13.6. The topological polar surface area (TPSA) is 83.5 Å². The largest absolute Gasteiger partial charge is 0.478 e. The summed E-state index contributed by atoms with van der Waals surface area (Å²) >= 11 is 0. The van der Waals surface area contributed by atoms with E-state index in [-0.39, 0.29) is 11.3 Å². The highest BCUT2D eigenvalue weighted by Gasteiger charge is 2.22. The van der Waals surface area contributed by atoms with Crippen LogP contribution in [0.15, 0.2) is 59.5 Å². The number of carbonyl (C=O) groups is 1. The van der Waals surface area contributed by atoms with Crippen molar-refractivity contribution in [1.29, 1.82) is 0 Å². The molecule has 1 aliphatic carbocycles. The molecule has 0 spiro atoms. The third kappa shape index (κ3) is 3.91. The molecule has 0 atom stereocenters. The van der Waals surface area contributed by atoms with E-state index in [1.54, 1.807) is 18.2 Å². The fraction of sp³-hybridized carbons (Fsp3) is 0.211. The molecule has 25 heavy (non-hydrogen) atoms. The summed E-state index contributed by atoms with van der Waals surface area (Å²) in [7, 11) is -3.74. The molecule has 3 rings (SSSR count). The zero-order valence-corrected chi connectivity index (χ0v) is 14.4. The molecule has 0 saturated carbocycles. The highest BCUT2D eigenvalue weighted by atomic mass is 32.2. The number of nitrogens with one attached hydrogen (secondary N) is 1. The molecule has 0 fully saturated rings. The summed E-state index contributed by atoms with van der Waals surface area (Å²) in [6.45, 7) is 0. The zero-order chi connectivity index (χ0) is 17.9. The Morgan fingerprint density at radius 1 is 1.00 bits per heavy atom. The summed E-state index contributed by atoms with van der Waals surface area (Å²) in [6.07, 6.45) is 4.72. The van der Waals surface area contributed by atoms with Gasteiger partial charge >= 0.3 is 5.97 Å². The number of hydrogen-bond acceptors (Lipinski definition) is 3. The van der Waals surface area contributed by atoms with E-state index < -0.39 is 16.0 Å². The predicted molar refractivity (Wildman–Crippen MR) is 97.9 cm³/mol. The second kappa shape index (κ2) is 7.11. The van der Waals surface area contributed by atoms with E-state index in [9.17, 15) is 18.3 Å². The van der Waals surface area contributed by atoms with Gasteiger partial charge in [0, 0.05) is 0 Å². The number of anilines is 1. The molecule has 6 heteroatoms. The number of sulfonamides is 1. The molecule has 0 unspecified atom stereocenters. The number of carboxylic acids is 1. The first-order chi connectivity index (χ1) is 12.0. The lowest BCUT2D eigenvalue weighted by Gasteiger charge is -2.16. The van der Waals surface area contributed by atoms with Gasteiger partial charge in [0.2, 0.25) is 0 Å². The van der Waals surface area contributed by atoms with Gasteiger partial charge in [-0.05, 0) is 48.9 Å². The number of allylic oxidation sites excluding steroid dienone is 2. The molecule has 2 N–H and O–H groups in total. The van der Waals surface area contributed by atoms with Gasteiger partial charge < -0.3 is 5.11 Å². The van der Waals surface area contributed by atoms with Gasteiger partial charge in [-0.3, -0.25) is 4.72 Å². The third-order valence-corrected chi connectivity index (χ3v) is 5.75. The van der Waals surface area contributed by atoms with Crippen LogP contribution >= 0.6 is 0 Å². The van der Waals surface area contributed by atoms with Crippen LogP contribution in [0.2, 0.25) is 0 Å². The van der Waals surface area contributed by atoms with Crippen molar-refractivity contribution in [2.75, 3.05) is 4.72 Å². The smallest absolute Gasteiger partial charge is 0.337 e. The lowest BCUT2D eigenvalue weighted by Crippen LogP contribution is -2.18. The maximum absolute atomic E-state index is 12.6. The van der Waals surface area contributed by atoms with E-state index in [2.05, 4.69) is 4.72 Å². The summed E-state index contributed by atoms with van der Waals surface area (Å²) in [4.78, 5) is 11.8. The average Bonchev–Trinajstić information content (AvgIpc) is 2.62. The van der Waals surface area contributed by atoms with Crippen LogP contribution in [0.25, 0.3) is 11.1 Å². The number of carboxylic acid groups (broad SMARTS) is 1. The summed E-state index contributed by atoms with van der Waals surface area (Å²) in [5.41, 5.74) is 1.65. The van der Waals surface area contributed by atoms with E-state index >= 15 is 0 Å². The monoisotopic (exact) mass is 357 g/mol. The Balaban J connectivity index is 2.01. The van der Waals surface area contributed by atoms with Gasteiger partial charge in [-0.2, -0.15) is 0 Å². The molecule has 0 aromatic heterocycles. The summed E-state index contributed by atoms with van der Waals surface area (Å²) in [5.74, 6) is -1.17. The quantitative estimate of drug-likeness (QED) is 0.838. The summed E-state index contributed by atoms with van der Waals surface area (Å²) in [6, 6.07) is 14.1. The fourth-order valence-electron chi connectivity index (χ4n) is 2.89. The first-order valence-electron chi connectivity index (χ1n) is 8.12. The molecule has 2 aromatic rings. The second-order valence-electron chi connectivity index (χ2n) is 5.95. The van der Waals surface area contributed by atoms with Crippen molar-refractivity contribution in [1.82, 2.24) is 0 Å². The molecule has 2 aromatic carbocycles. The number of benzene rings is 2. The maximum Gasteiger partial charge on any atom is 0.337 e. The molecule has 0 saturated heterocycles. The van der Waals surface area contributed by atoms with Crippen molar-refractivity contribution < 1.29 is 18.3 Å². The number of rotatable bonds is 5. The van der Waals surface area contributed by atoms with E-state index in [1.165, 1.54) is 6.07 Å². The average molecular weight is 357 g/mol. The van der Waals surface area contributed by atoms with Crippen molar-refractivity contribution in [2.45, 2.75) is 25.7 Å². The molecule has 0 aliphatic heterocycles. The molecular weight excluding hydrogens is 338 g/mol. The second-order valence-corrected chi connectivity index (χ2v) is 7.69. The highest BCUT2D eigenvalue weighted by molar-refractivity contribution is 7.96. The van der Waals surface area contributed by atoms with E-state index in [1.807, 2.05) is 30.3 Å². The SMILES string of the molecule is O=C(O)c1ccc(-c2ccccc2)cc1NS(=O)(=O)C1=CCCCC1. The highest BCUT2D eigenvalue weighted by Crippen LogP contribution is 2.29. The van der Waals surface area contributed by atoms with Crippen molar-refractivity contribution in [3.8, 4) is 11.1 Å². The van der Waals surface area contributed by atoms with E-state index in [0.29, 0.717) is 11.3 Å². The molecule has 0 radical (unpaired) electrons. The maximum atomic E-state index is 12.6. The van der Waals surface area contributed by atoms with Gasteiger partial charge in [-0.1, -0.05) is 42.5 Å². The van der Waals surface area contributed by atoms with Gasteiger partial charge in [0.1, 0.15) is 0 Å². The molecule has 0 bridgehead atoms.